The number of carbonyl (C=O) groups excluding carboxylic acids is 1. The molecule has 4 aromatic rings. The number of hydrogen-bond donors (Lipinski definition) is 2. The normalized spacial score (nSPS) is 10.8. The maximum absolute atomic E-state index is 12.0. The van der Waals surface area contributed by atoms with Gasteiger partial charge in [0, 0.05) is 29.8 Å². The van der Waals surface area contributed by atoms with E-state index in [1.54, 1.807) is 40.9 Å². The van der Waals surface area contributed by atoms with Crippen molar-refractivity contribution in [1.29, 1.82) is 0 Å². The number of rotatable bonds is 10. The summed E-state index contributed by atoms with van der Waals surface area (Å²) in [4.78, 5) is 31.8. The highest BCUT2D eigenvalue weighted by atomic mass is 16.5. The number of ether oxygens (including phenoxy) is 4. The average Bonchev–Trinajstić information content (AvgIpc) is 3.20. The molecule has 0 bridgehead atoms. The van der Waals surface area contributed by atoms with Crippen LogP contribution < -0.4 is 24.3 Å². The Hall–Kier alpha value is -4.87. The molecule has 2 aromatic carbocycles. The Balaban J connectivity index is 1.70. The van der Waals surface area contributed by atoms with Crippen LogP contribution >= 0.6 is 0 Å². The third kappa shape index (κ3) is 5.43. The summed E-state index contributed by atoms with van der Waals surface area (Å²) in [6.45, 7) is 3.67. The van der Waals surface area contributed by atoms with E-state index >= 15 is 0 Å². The molecule has 0 fully saturated rings. The SMILES string of the molecule is COc1cc(Oc2nc(-c3ccc(NC(=O)CCC(=O)O)cc3)nn3c(C)nc(C)c23)cc(OC)c1OC. The van der Waals surface area contributed by atoms with Crippen molar-refractivity contribution in [3.05, 3.63) is 47.9 Å². The Morgan fingerprint density at radius 1 is 0.947 bits per heavy atom. The number of aryl methyl sites for hydroxylation is 2. The van der Waals surface area contributed by atoms with E-state index in [4.69, 9.17) is 24.1 Å². The first kappa shape index (κ1) is 26.2. The number of nitrogens with one attached hydrogen (secondary N) is 1. The Morgan fingerprint density at radius 3 is 2.18 bits per heavy atom. The van der Waals surface area contributed by atoms with E-state index in [1.165, 1.54) is 21.3 Å². The lowest BCUT2D eigenvalue weighted by Crippen LogP contribution is -2.13. The fourth-order valence-corrected chi connectivity index (χ4v) is 3.86. The molecule has 0 unspecified atom stereocenters. The zero-order chi connectivity index (χ0) is 27.4. The van der Waals surface area contributed by atoms with Crippen molar-refractivity contribution in [3.8, 4) is 40.3 Å². The lowest BCUT2D eigenvalue weighted by atomic mass is 10.2. The van der Waals surface area contributed by atoms with Gasteiger partial charge >= 0.3 is 5.97 Å². The minimum Gasteiger partial charge on any atom is -0.493 e. The number of carboxylic acids is 1. The zero-order valence-corrected chi connectivity index (χ0v) is 21.6. The number of imidazole rings is 1. The molecular weight excluding hydrogens is 494 g/mol. The second-order valence-corrected chi connectivity index (χ2v) is 8.23. The van der Waals surface area contributed by atoms with Crippen LogP contribution in [0.5, 0.6) is 28.9 Å². The average molecular weight is 522 g/mol. The highest BCUT2D eigenvalue weighted by Gasteiger charge is 2.20. The van der Waals surface area contributed by atoms with Crippen LogP contribution in [0.3, 0.4) is 0 Å². The molecule has 12 heteroatoms. The van der Waals surface area contributed by atoms with Crippen LogP contribution in [0.25, 0.3) is 16.9 Å². The molecule has 38 heavy (non-hydrogen) atoms. The molecule has 0 aliphatic heterocycles. The van der Waals surface area contributed by atoms with Gasteiger partial charge in [0.15, 0.2) is 22.8 Å². The Morgan fingerprint density at radius 2 is 1.61 bits per heavy atom. The summed E-state index contributed by atoms with van der Waals surface area (Å²) in [6, 6.07) is 10.2. The van der Waals surface area contributed by atoms with Gasteiger partial charge in [-0.2, -0.15) is 4.98 Å². The molecule has 0 spiro atoms. The van der Waals surface area contributed by atoms with Gasteiger partial charge in [-0.3, -0.25) is 9.59 Å². The lowest BCUT2D eigenvalue weighted by Gasteiger charge is -2.15. The summed E-state index contributed by atoms with van der Waals surface area (Å²) in [5, 5.41) is 16.1. The van der Waals surface area contributed by atoms with Crippen molar-refractivity contribution < 1.29 is 33.6 Å². The molecule has 4 rings (SSSR count). The molecule has 0 radical (unpaired) electrons. The van der Waals surface area contributed by atoms with Crippen LogP contribution in [0.2, 0.25) is 0 Å². The molecular formula is C26H27N5O7. The van der Waals surface area contributed by atoms with Gasteiger partial charge in [0.2, 0.25) is 17.5 Å². The molecule has 0 saturated carbocycles. The summed E-state index contributed by atoms with van der Waals surface area (Å²) in [7, 11) is 4.56. The van der Waals surface area contributed by atoms with Crippen LogP contribution in [0.4, 0.5) is 5.69 Å². The number of nitrogens with zero attached hydrogens (tertiary/aromatic N) is 4. The number of aliphatic carboxylic acids is 1. The molecule has 2 N–H and O–H groups in total. The van der Waals surface area contributed by atoms with Crippen molar-refractivity contribution in [2.24, 2.45) is 0 Å². The third-order valence-corrected chi connectivity index (χ3v) is 5.64. The van der Waals surface area contributed by atoms with E-state index in [2.05, 4.69) is 20.4 Å². The van der Waals surface area contributed by atoms with Gasteiger partial charge in [-0.05, 0) is 38.1 Å². The van der Waals surface area contributed by atoms with Gasteiger partial charge in [0.25, 0.3) is 0 Å². The van der Waals surface area contributed by atoms with Crippen molar-refractivity contribution in [2.45, 2.75) is 26.7 Å². The molecule has 2 aromatic heterocycles. The van der Waals surface area contributed by atoms with Gasteiger partial charge < -0.3 is 29.4 Å². The fraction of sp³-hybridized carbons (Fsp3) is 0.269. The number of carboxylic acid groups (broad SMARTS) is 1. The molecule has 0 aliphatic carbocycles. The summed E-state index contributed by atoms with van der Waals surface area (Å²) >= 11 is 0. The number of anilines is 1. The number of benzene rings is 2. The van der Waals surface area contributed by atoms with E-state index in [0.717, 1.165) is 0 Å². The van der Waals surface area contributed by atoms with Crippen LogP contribution in [-0.4, -0.2) is 57.9 Å². The minimum atomic E-state index is -1.03. The highest BCUT2D eigenvalue weighted by Crippen LogP contribution is 2.42. The van der Waals surface area contributed by atoms with Gasteiger partial charge in [0.1, 0.15) is 11.6 Å². The van der Waals surface area contributed by atoms with E-state index < -0.39 is 5.97 Å². The predicted octanol–water partition coefficient (Wildman–Crippen LogP) is 4.03. The van der Waals surface area contributed by atoms with E-state index in [1.807, 2.05) is 13.8 Å². The smallest absolute Gasteiger partial charge is 0.303 e. The molecule has 1 amide bonds. The number of carbonyl (C=O) groups is 2. The monoisotopic (exact) mass is 521 g/mol. The largest absolute Gasteiger partial charge is 0.493 e. The van der Waals surface area contributed by atoms with Gasteiger partial charge in [-0.1, -0.05) is 0 Å². The topological polar surface area (TPSA) is 146 Å². The number of hydrogen-bond acceptors (Lipinski definition) is 9. The minimum absolute atomic E-state index is 0.113. The molecule has 0 aliphatic rings. The molecule has 0 atom stereocenters. The predicted molar refractivity (Wildman–Crippen MR) is 137 cm³/mol. The Bertz CT molecular complexity index is 1470. The van der Waals surface area contributed by atoms with Crippen LogP contribution in [0, 0.1) is 13.8 Å². The second-order valence-electron chi connectivity index (χ2n) is 8.23. The van der Waals surface area contributed by atoms with Crippen LogP contribution in [-0.2, 0) is 9.59 Å². The summed E-state index contributed by atoms with van der Waals surface area (Å²) in [5.41, 5.74) is 2.47. The molecule has 2 heterocycles. The van der Waals surface area contributed by atoms with Crippen LogP contribution in [0.1, 0.15) is 24.4 Å². The van der Waals surface area contributed by atoms with Crippen molar-refractivity contribution in [2.75, 3.05) is 26.6 Å². The Labute approximate surface area is 218 Å². The summed E-state index contributed by atoms with van der Waals surface area (Å²) in [5.74, 6) is 1.56. The molecule has 12 nitrogen and oxygen atoms in total. The number of methoxy groups -OCH3 is 3. The first-order valence-electron chi connectivity index (χ1n) is 11.6. The second kappa shape index (κ2) is 11.0. The number of aromatic nitrogens is 4. The quantitative estimate of drug-likeness (QED) is 0.313. The van der Waals surface area contributed by atoms with Crippen molar-refractivity contribution in [1.82, 2.24) is 19.6 Å². The summed E-state index contributed by atoms with van der Waals surface area (Å²) in [6.07, 6.45) is -0.353. The Kier molecular flexibility index (Phi) is 7.61. The van der Waals surface area contributed by atoms with Crippen molar-refractivity contribution >= 4 is 23.1 Å². The third-order valence-electron chi connectivity index (χ3n) is 5.64. The zero-order valence-electron chi connectivity index (χ0n) is 21.6. The highest BCUT2D eigenvalue weighted by molar-refractivity contribution is 5.92. The van der Waals surface area contributed by atoms with E-state index in [-0.39, 0.29) is 24.6 Å². The van der Waals surface area contributed by atoms with Gasteiger partial charge in [-0.25, -0.2) is 9.50 Å². The van der Waals surface area contributed by atoms with E-state index in [0.29, 0.717) is 57.1 Å². The number of amides is 1. The molecule has 198 valence electrons. The van der Waals surface area contributed by atoms with Crippen molar-refractivity contribution in [3.63, 3.8) is 0 Å². The fourth-order valence-electron chi connectivity index (χ4n) is 3.86. The van der Waals surface area contributed by atoms with Crippen LogP contribution in [0.15, 0.2) is 36.4 Å². The van der Waals surface area contributed by atoms with Gasteiger partial charge in [-0.15, -0.1) is 5.10 Å². The first-order valence-corrected chi connectivity index (χ1v) is 11.6. The maximum atomic E-state index is 12.0. The lowest BCUT2D eigenvalue weighted by molar-refractivity contribution is -0.138. The van der Waals surface area contributed by atoms with E-state index in [9.17, 15) is 9.59 Å². The number of fused-ring (bicyclic) bond motifs is 1. The molecule has 0 saturated heterocycles. The maximum Gasteiger partial charge on any atom is 0.303 e. The van der Waals surface area contributed by atoms with Gasteiger partial charge in [0.05, 0.1) is 33.4 Å². The first-order chi connectivity index (χ1) is 18.2. The standard InChI is InChI=1S/C26H27N5O7/c1-14-23-26(38-18-12-19(35-3)24(37-5)20(13-18)36-4)29-25(30-31(23)15(2)27-14)16-6-8-17(9-7-16)28-21(32)10-11-22(33)34/h6-9,12-13H,10-11H2,1-5H3,(H,28,32)(H,33,34). The summed E-state index contributed by atoms with van der Waals surface area (Å²) < 4.78 is 24.1.